The second-order valence-electron chi connectivity index (χ2n) is 6.56. The zero-order chi connectivity index (χ0) is 21.6. The van der Waals surface area contributed by atoms with Crippen molar-refractivity contribution in [1.29, 1.82) is 0 Å². The highest BCUT2D eigenvalue weighted by Crippen LogP contribution is 2.19. The quantitative estimate of drug-likeness (QED) is 0.631. The van der Waals surface area contributed by atoms with Gasteiger partial charge in [0.2, 0.25) is 10.0 Å². The standard InChI is InChI=1S/C20H24N2O6S/c1-13-4-5-14(2)18(12-13)27-11-10-19(23)28-15(3)20(24)22-16-6-8-17(9-7-16)29(21,25)26/h4-9,12,15H,10-11H2,1-3H3,(H,22,24)(H2,21,25,26)/t15-/m0/s1. The summed E-state index contributed by atoms with van der Waals surface area (Å²) in [6, 6.07) is 11.1. The van der Waals surface area contributed by atoms with Crippen LogP contribution >= 0.6 is 0 Å². The molecule has 0 radical (unpaired) electrons. The summed E-state index contributed by atoms with van der Waals surface area (Å²) in [5, 5.41) is 7.56. The largest absolute Gasteiger partial charge is 0.493 e. The number of primary sulfonamides is 1. The molecule has 156 valence electrons. The van der Waals surface area contributed by atoms with E-state index >= 15 is 0 Å². The number of benzene rings is 2. The number of carbonyl (C=O) groups excluding carboxylic acids is 2. The van der Waals surface area contributed by atoms with Crippen LogP contribution in [0.4, 0.5) is 5.69 Å². The summed E-state index contributed by atoms with van der Waals surface area (Å²) >= 11 is 0. The number of hydrogen-bond acceptors (Lipinski definition) is 6. The van der Waals surface area contributed by atoms with Gasteiger partial charge in [-0.05, 0) is 62.2 Å². The highest BCUT2D eigenvalue weighted by molar-refractivity contribution is 7.89. The number of amides is 1. The van der Waals surface area contributed by atoms with E-state index in [9.17, 15) is 18.0 Å². The van der Waals surface area contributed by atoms with Gasteiger partial charge in [0.05, 0.1) is 17.9 Å². The maximum Gasteiger partial charge on any atom is 0.310 e. The molecule has 0 bridgehead atoms. The summed E-state index contributed by atoms with van der Waals surface area (Å²) in [6.07, 6.45) is -1.03. The van der Waals surface area contributed by atoms with Crippen molar-refractivity contribution in [2.75, 3.05) is 11.9 Å². The van der Waals surface area contributed by atoms with Crippen LogP contribution in [0.25, 0.3) is 0 Å². The van der Waals surface area contributed by atoms with Gasteiger partial charge in [0.1, 0.15) is 5.75 Å². The highest BCUT2D eigenvalue weighted by Gasteiger charge is 2.18. The molecule has 0 heterocycles. The fourth-order valence-corrected chi connectivity index (χ4v) is 2.90. The van der Waals surface area contributed by atoms with Crippen LogP contribution in [-0.2, 0) is 24.3 Å². The van der Waals surface area contributed by atoms with Crippen molar-refractivity contribution >= 4 is 27.6 Å². The lowest BCUT2D eigenvalue weighted by molar-refractivity contribution is -0.153. The third-order valence-electron chi connectivity index (χ3n) is 4.04. The fraction of sp³-hybridized carbons (Fsp3) is 0.300. The molecule has 29 heavy (non-hydrogen) atoms. The predicted octanol–water partition coefficient (Wildman–Crippen LogP) is 2.29. The Morgan fingerprint density at radius 1 is 1.10 bits per heavy atom. The van der Waals surface area contributed by atoms with E-state index in [-0.39, 0.29) is 17.9 Å². The van der Waals surface area contributed by atoms with Crippen molar-refractivity contribution in [1.82, 2.24) is 0 Å². The van der Waals surface area contributed by atoms with Crippen molar-refractivity contribution in [2.24, 2.45) is 5.14 Å². The predicted molar refractivity (Wildman–Crippen MR) is 108 cm³/mol. The number of hydrogen-bond donors (Lipinski definition) is 2. The van der Waals surface area contributed by atoms with Gasteiger partial charge in [-0.3, -0.25) is 9.59 Å². The topological polar surface area (TPSA) is 125 Å². The Morgan fingerprint density at radius 3 is 2.38 bits per heavy atom. The Balaban J connectivity index is 1.81. The number of anilines is 1. The molecule has 0 saturated carbocycles. The lowest BCUT2D eigenvalue weighted by Crippen LogP contribution is -2.30. The summed E-state index contributed by atoms with van der Waals surface area (Å²) in [7, 11) is -3.81. The first kappa shape index (κ1) is 22.4. The summed E-state index contributed by atoms with van der Waals surface area (Å²) < 4.78 is 33.2. The molecule has 0 aliphatic heterocycles. The van der Waals surface area contributed by atoms with E-state index in [4.69, 9.17) is 14.6 Å². The van der Waals surface area contributed by atoms with E-state index in [0.717, 1.165) is 11.1 Å². The molecule has 2 aromatic rings. The lowest BCUT2D eigenvalue weighted by atomic mass is 10.1. The molecule has 0 aliphatic rings. The molecule has 1 amide bonds. The van der Waals surface area contributed by atoms with Crippen molar-refractivity contribution in [3.8, 4) is 5.75 Å². The summed E-state index contributed by atoms with van der Waals surface area (Å²) in [5.74, 6) is -0.411. The van der Waals surface area contributed by atoms with Crippen LogP contribution < -0.4 is 15.2 Å². The zero-order valence-electron chi connectivity index (χ0n) is 16.5. The van der Waals surface area contributed by atoms with E-state index in [1.54, 1.807) is 0 Å². The first-order valence-corrected chi connectivity index (χ1v) is 10.4. The Morgan fingerprint density at radius 2 is 1.76 bits per heavy atom. The smallest absolute Gasteiger partial charge is 0.310 e. The number of carbonyl (C=O) groups is 2. The van der Waals surface area contributed by atoms with E-state index in [1.807, 2.05) is 32.0 Å². The van der Waals surface area contributed by atoms with Crippen LogP contribution in [0.5, 0.6) is 5.75 Å². The molecule has 0 aliphatic carbocycles. The molecule has 8 nitrogen and oxygen atoms in total. The van der Waals surface area contributed by atoms with Gasteiger partial charge < -0.3 is 14.8 Å². The molecular weight excluding hydrogens is 396 g/mol. The van der Waals surface area contributed by atoms with Crippen LogP contribution in [0.1, 0.15) is 24.5 Å². The molecule has 9 heteroatoms. The van der Waals surface area contributed by atoms with Gasteiger partial charge in [0, 0.05) is 5.69 Å². The second-order valence-corrected chi connectivity index (χ2v) is 8.12. The minimum absolute atomic E-state index is 0.00589. The maximum atomic E-state index is 12.1. The molecule has 0 aromatic heterocycles. The van der Waals surface area contributed by atoms with Gasteiger partial charge in [0.25, 0.3) is 5.91 Å². The van der Waals surface area contributed by atoms with Crippen molar-refractivity contribution < 1.29 is 27.5 Å². The Bertz CT molecular complexity index is 987. The van der Waals surface area contributed by atoms with Gasteiger partial charge in [-0.25, -0.2) is 13.6 Å². The third-order valence-corrected chi connectivity index (χ3v) is 4.96. The van der Waals surface area contributed by atoms with Crippen molar-refractivity contribution in [3.05, 3.63) is 53.6 Å². The van der Waals surface area contributed by atoms with Gasteiger partial charge >= 0.3 is 5.97 Å². The van der Waals surface area contributed by atoms with Crippen LogP contribution in [0.3, 0.4) is 0 Å². The summed E-state index contributed by atoms with van der Waals surface area (Å²) in [4.78, 5) is 24.0. The molecule has 2 aromatic carbocycles. The van der Waals surface area contributed by atoms with Crippen molar-refractivity contribution in [2.45, 2.75) is 38.2 Å². The normalized spacial score (nSPS) is 12.1. The van der Waals surface area contributed by atoms with Crippen LogP contribution in [0, 0.1) is 13.8 Å². The van der Waals surface area contributed by atoms with E-state index < -0.39 is 28.0 Å². The van der Waals surface area contributed by atoms with E-state index in [0.29, 0.717) is 11.4 Å². The minimum atomic E-state index is -3.81. The molecule has 0 saturated heterocycles. The van der Waals surface area contributed by atoms with Crippen LogP contribution in [0.2, 0.25) is 0 Å². The van der Waals surface area contributed by atoms with Crippen molar-refractivity contribution in [3.63, 3.8) is 0 Å². The maximum absolute atomic E-state index is 12.1. The van der Waals surface area contributed by atoms with Gasteiger partial charge in [0.15, 0.2) is 6.10 Å². The number of sulfonamides is 1. The Kier molecular flexibility index (Phi) is 7.35. The first-order valence-electron chi connectivity index (χ1n) is 8.89. The minimum Gasteiger partial charge on any atom is -0.493 e. The van der Waals surface area contributed by atoms with Gasteiger partial charge in [-0.15, -0.1) is 0 Å². The van der Waals surface area contributed by atoms with Crippen LogP contribution in [-0.4, -0.2) is 33.0 Å². The molecule has 1 atom stereocenters. The second kappa shape index (κ2) is 9.53. The molecule has 3 N–H and O–H groups in total. The number of esters is 1. The van der Waals surface area contributed by atoms with Crippen LogP contribution in [0.15, 0.2) is 47.4 Å². The summed E-state index contributed by atoms with van der Waals surface area (Å²) in [6.45, 7) is 5.43. The number of aryl methyl sites for hydroxylation is 2. The van der Waals surface area contributed by atoms with Gasteiger partial charge in [-0.2, -0.15) is 0 Å². The lowest BCUT2D eigenvalue weighted by Gasteiger charge is -2.14. The number of nitrogens with two attached hydrogens (primary N) is 1. The Labute approximate surface area is 170 Å². The average Bonchev–Trinajstić information content (AvgIpc) is 2.64. The fourth-order valence-electron chi connectivity index (χ4n) is 2.39. The van der Waals surface area contributed by atoms with Gasteiger partial charge in [-0.1, -0.05) is 12.1 Å². The molecule has 0 unspecified atom stereocenters. The SMILES string of the molecule is Cc1ccc(C)c(OCCC(=O)O[C@@H](C)C(=O)Nc2ccc(S(N)(=O)=O)cc2)c1. The number of ether oxygens (including phenoxy) is 2. The first-order chi connectivity index (χ1) is 13.6. The monoisotopic (exact) mass is 420 g/mol. The molecule has 0 fully saturated rings. The molecule has 0 spiro atoms. The summed E-state index contributed by atoms with van der Waals surface area (Å²) in [5.41, 5.74) is 2.37. The number of nitrogens with one attached hydrogen (secondary N) is 1. The molecular formula is C20H24N2O6S. The van der Waals surface area contributed by atoms with E-state index in [1.165, 1.54) is 31.2 Å². The zero-order valence-corrected chi connectivity index (χ0v) is 17.3. The third kappa shape index (κ3) is 6.88. The Hall–Kier alpha value is -2.91. The average molecular weight is 420 g/mol. The van der Waals surface area contributed by atoms with E-state index in [2.05, 4.69) is 5.32 Å². The number of rotatable bonds is 8. The highest BCUT2D eigenvalue weighted by atomic mass is 32.2. The molecule has 2 rings (SSSR count).